The molecule has 368 valence electrons. The van der Waals surface area contributed by atoms with E-state index in [0.717, 1.165) is 83.8 Å². The zero-order valence-corrected chi connectivity index (χ0v) is 42.6. The number of nitrogens with zero attached hydrogens (tertiary/aromatic N) is 5. The van der Waals surface area contributed by atoms with Crippen LogP contribution < -0.4 is 35.1 Å². The molecule has 1 fully saturated rings. The molecule has 13 heteroatoms. The van der Waals surface area contributed by atoms with Crippen molar-refractivity contribution in [3.8, 4) is 5.75 Å². The van der Waals surface area contributed by atoms with Gasteiger partial charge in [0.25, 0.3) is 17.7 Å². The lowest BCUT2D eigenvalue weighted by molar-refractivity contribution is 0.0574. The number of nitrogens with one attached hydrogen (secondary N) is 2. The van der Waals surface area contributed by atoms with Gasteiger partial charge in [-0.15, -0.1) is 0 Å². The smallest absolute Gasteiger partial charge is 0.274 e. The standard InChI is InChI=1S/C60H57N7O5S/c1-6-64(7-2)40-27-29-47-51(36-40)72-54-37(22-31-52-59(3,4)46-19-10-11-21-50(46)63(52)5)14-12-20-48(54)60(47)45-18-9-8-15-41(45)57(70)67(60)62-58(73)61-38-23-25-39(26-24-38)66-55(68)43-17-13-16-42-49(65-32-34-71-35-33-65)30-28-44(53(42)43)56(66)69/h8-11,13,15-19,21-31,36H,6-7,12,14,20,32-35H2,1-5H3,(H2,61,62,73)/b37-22+,52-31-. The Labute approximate surface area is 431 Å². The minimum Gasteiger partial charge on any atom is -0.457 e. The summed E-state index contributed by atoms with van der Waals surface area (Å²) < 4.78 is 12.8. The molecular formula is C60H57N7O5S. The largest absolute Gasteiger partial charge is 0.457 e. The number of morpholine rings is 1. The highest BCUT2D eigenvalue weighted by Gasteiger charge is 2.59. The van der Waals surface area contributed by atoms with Gasteiger partial charge in [-0.25, -0.2) is 9.91 Å². The van der Waals surface area contributed by atoms with Gasteiger partial charge >= 0.3 is 0 Å². The monoisotopic (exact) mass is 987 g/mol. The second kappa shape index (κ2) is 17.8. The molecule has 2 N–H and O–H groups in total. The Hall–Kier alpha value is -7.74. The first-order chi connectivity index (χ1) is 35.4. The number of allylic oxidation sites excluding steroid dienone is 4. The third-order valence-electron chi connectivity index (χ3n) is 15.9. The zero-order valence-electron chi connectivity index (χ0n) is 41.8. The molecule has 1 aliphatic carbocycles. The number of imide groups is 1. The number of ether oxygens (including phenoxy) is 2. The molecule has 1 saturated heterocycles. The Morgan fingerprint density at radius 1 is 0.740 bits per heavy atom. The summed E-state index contributed by atoms with van der Waals surface area (Å²) in [5, 5.41) is 6.76. The van der Waals surface area contributed by atoms with Crippen molar-refractivity contribution in [3.63, 3.8) is 0 Å². The molecule has 1 spiro atoms. The predicted molar refractivity (Wildman–Crippen MR) is 293 cm³/mol. The molecule has 6 aromatic rings. The van der Waals surface area contributed by atoms with Gasteiger partial charge in [0.2, 0.25) is 0 Å². The van der Waals surface area contributed by atoms with Crippen molar-refractivity contribution < 1.29 is 23.9 Å². The Balaban J connectivity index is 0.889. The van der Waals surface area contributed by atoms with Crippen LogP contribution in [0.5, 0.6) is 5.75 Å². The Bertz CT molecular complexity index is 3400. The number of fused-ring (bicyclic) bond motifs is 6. The van der Waals surface area contributed by atoms with E-state index < -0.39 is 5.54 Å². The van der Waals surface area contributed by atoms with Gasteiger partial charge in [0, 0.05) is 117 Å². The highest BCUT2D eigenvalue weighted by atomic mass is 32.1. The van der Waals surface area contributed by atoms with Crippen LogP contribution in [0.4, 0.5) is 28.4 Å². The SMILES string of the molecule is CCN(CC)c1ccc2c(c1)OC1=C(CCC/C1=C\C=C1/N(C)c3ccccc3C1(C)C)C21c2ccccc2C(=O)N1NC(=S)Nc1ccc(N2C(=O)c3cccc4c(N5CCOCC5)ccc(c34)C2=O)cc1. The van der Waals surface area contributed by atoms with Crippen molar-refractivity contribution in [2.45, 2.75) is 57.9 Å². The lowest BCUT2D eigenvalue weighted by Gasteiger charge is -2.47. The maximum atomic E-state index is 15.1. The fourth-order valence-corrected chi connectivity index (χ4v) is 12.6. The summed E-state index contributed by atoms with van der Waals surface area (Å²) in [5.74, 6) is 0.461. The number of amides is 3. The molecule has 5 aliphatic heterocycles. The maximum Gasteiger partial charge on any atom is 0.274 e. The fraction of sp³-hybridized carbons (Fsp3) is 0.267. The molecule has 73 heavy (non-hydrogen) atoms. The number of likely N-dealkylation sites (N-methyl/N-ethyl adjacent to an activating group) is 1. The van der Waals surface area contributed by atoms with E-state index in [9.17, 15) is 9.59 Å². The van der Waals surface area contributed by atoms with Crippen LogP contribution in [0.2, 0.25) is 0 Å². The number of anilines is 5. The molecule has 1 atom stereocenters. The summed E-state index contributed by atoms with van der Waals surface area (Å²) in [6, 6.07) is 39.3. The molecule has 3 amide bonds. The van der Waals surface area contributed by atoms with Crippen LogP contribution in [-0.4, -0.2) is 74.3 Å². The van der Waals surface area contributed by atoms with Crippen LogP contribution in [0.25, 0.3) is 10.8 Å². The van der Waals surface area contributed by atoms with E-state index >= 15 is 4.79 Å². The Morgan fingerprint density at radius 2 is 1.45 bits per heavy atom. The van der Waals surface area contributed by atoms with E-state index in [1.165, 1.54) is 21.8 Å². The predicted octanol–water partition coefficient (Wildman–Crippen LogP) is 11.0. The van der Waals surface area contributed by atoms with Gasteiger partial charge in [-0.3, -0.25) is 19.8 Å². The number of hydrogen-bond donors (Lipinski definition) is 2. The van der Waals surface area contributed by atoms with Gasteiger partial charge in [-0.1, -0.05) is 74.5 Å². The topological polar surface area (TPSA) is 110 Å². The van der Waals surface area contributed by atoms with Crippen LogP contribution >= 0.6 is 12.2 Å². The molecule has 5 heterocycles. The molecule has 12 rings (SSSR count). The van der Waals surface area contributed by atoms with Crippen LogP contribution in [0.1, 0.15) is 94.7 Å². The molecule has 0 bridgehead atoms. The third-order valence-corrected chi connectivity index (χ3v) is 16.1. The van der Waals surface area contributed by atoms with Crippen LogP contribution in [0.15, 0.2) is 156 Å². The zero-order chi connectivity index (χ0) is 50.3. The number of rotatable bonds is 8. The summed E-state index contributed by atoms with van der Waals surface area (Å²) in [4.78, 5) is 51.7. The number of para-hydroxylation sites is 1. The maximum absolute atomic E-state index is 15.1. The van der Waals surface area contributed by atoms with E-state index in [4.69, 9.17) is 21.7 Å². The van der Waals surface area contributed by atoms with Crippen molar-refractivity contribution in [2.24, 2.45) is 0 Å². The molecule has 6 aliphatic rings. The van der Waals surface area contributed by atoms with Gasteiger partial charge in [0.1, 0.15) is 17.0 Å². The average molecular weight is 988 g/mol. The first-order valence-corrected chi connectivity index (χ1v) is 25.8. The third kappa shape index (κ3) is 7.10. The first kappa shape index (κ1) is 46.3. The van der Waals surface area contributed by atoms with E-state index in [0.29, 0.717) is 58.8 Å². The quantitative estimate of drug-likeness (QED) is 0.112. The minimum atomic E-state index is -1.13. The number of hydrogen-bond acceptors (Lipinski definition) is 9. The average Bonchev–Trinajstić information content (AvgIpc) is 3.76. The van der Waals surface area contributed by atoms with Crippen molar-refractivity contribution >= 4 is 74.3 Å². The number of thiocarbonyl (C=S) groups is 1. The van der Waals surface area contributed by atoms with Crippen molar-refractivity contribution in [1.82, 2.24) is 10.4 Å². The van der Waals surface area contributed by atoms with Gasteiger partial charge < -0.3 is 29.5 Å². The van der Waals surface area contributed by atoms with Crippen molar-refractivity contribution in [2.75, 3.05) is 71.4 Å². The molecule has 0 saturated carbocycles. The van der Waals surface area contributed by atoms with E-state index in [1.807, 2.05) is 42.5 Å². The highest BCUT2D eigenvalue weighted by Crippen LogP contribution is 2.58. The number of benzene rings is 6. The second-order valence-electron chi connectivity index (χ2n) is 20.0. The summed E-state index contributed by atoms with van der Waals surface area (Å²) in [5.41, 5.74) is 14.1. The lowest BCUT2D eigenvalue weighted by Crippen LogP contribution is -2.57. The van der Waals surface area contributed by atoms with Crippen LogP contribution in [-0.2, 0) is 15.7 Å². The van der Waals surface area contributed by atoms with Crippen molar-refractivity contribution in [1.29, 1.82) is 0 Å². The Kier molecular flexibility index (Phi) is 11.3. The van der Waals surface area contributed by atoms with E-state index in [2.05, 4.69) is 121 Å². The van der Waals surface area contributed by atoms with E-state index in [-0.39, 0.29) is 28.2 Å². The molecule has 0 radical (unpaired) electrons. The first-order valence-electron chi connectivity index (χ1n) is 25.4. The van der Waals surface area contributed by atoms with Gasteiger partial charge in [-0.2, -0.15) is 0 Å². The summed E-state index contributed by atoms with van der Waals surface area (Å²) >= 11 is 6.12. The molecular weight excluding hydrogens is 931 g/mol. The fourth-order valence-electron chi connectivity index (χ4n) is 12.4. The van der Waals surface area contributed by atoms with Crippen LogP contribution in [0.3, 0.4) is 0 Å². The van der Waals surface area contributed by atoms with Gasteiger partial charge in [0.15, 0.2) is 5.11 Å². The van der Waals surface area contributed by atoms with E-state index in [1.54, 1.807) is 35.3 Å². The normalized spacial score (nSPS) is 20.6. The highest BCUT2D eigenvalue weighted by molar-refractivity contribution is 7.80. The van der Waals surface area contributed by atoms with Gasteiger partial charge in [-0.05, 0) is 123 Å². The van der Waals surface area contributed by atoms with Gasteiger partial charge in [0.05, 0.1) is 18.9 Å². The number of carbonyl (C=O) groups is 3. The second-order valence-corrected chi connectivity index (χ2v) is 20.4. The lowest BCUT2D eigenvalue weighted by atomic mass is 9.70. The summed E-state index contributed by atoms with van der Waals surface area (Å²) in [6.07, 6.45) is 6.80. The van der Waals surface area contributed by atoms with Crippen LogP contribution in [0, 0.1) is 0 Å². The molecule has 12 nitrogen and oxygen atoms in total. The summed E-state index contributed by atoms with van der Waals surface area (Å²) in [7, 11) is 2.13. The molecule has 1 unspecified atom stereocenters. The number of hydrazine groups is 1. The summed E-state index contributed by atoms with van der Waals surface area (Å²) in [6.45, 7) is 13.2. The van der Waals surface area contributed by atoms with Crippen molar-refractivity contribution in [3.05, 3.63) is 189 Å². The number of carbonyl (C=O) groups excluding carboxylic acids is 3. The molecule has 0 aromatic heterocycles. The Morgan fingerprint density at radius 3 is 2.21 bits per heavy atom. The minimum absolute atomic E-state index is 0.187. The molecule has 6 aromatic carbocycles.